The van der Waals surface area contributed by atoms with E-state index in [0.29, 0.717) is 5.92 Å². The SMILES string of the molecule is CCNC(CCC(F)(F)F)C(C)C(C)C. The maximum atomic E-state index is 12.1. The van der Waals surface area contributed by atoms with E-state index in [0.717, 1.165) is 6.54 Å². The predicted molar refractivity (Wildman–Crippen MR) is 56.8 cm³/mol. The highest BCUT2D eigenvalue weighted by Crippen LogP contribution is 2.26. The van der Waals surface area contributed by atoms with E-state index in [1.54, 1.807) is 0 Å². The van der Waals surface area contributed by atoms with Gasteiger partial charge in [-0.3, -0.25) is 0 Å². The van der Waals surface area contributed by atoms with Crippen LogP contribution in [0.1, 0.15) is 40.5 Å². The standard InChI is InChI=1S/C11H22F3N/c1-5-15-10(9(4)8(2)3)6-7-11(12,13)14/h8-10,15H,5-7H2,1-4H3. The minimum atomic E-state index is -4.04. The summed E-state index contributed by atoms with van der Waals surface area (Å²) in [5.41, 5.74) is 0. The molecule has 15 heavy (non-hydrogen) atoms. The topological polar surface area (TPSA) is 12.0 Å². The molecule has 1 N–H and O–H groups in total. The van der Waals surface area contributed by atoms with Crippen LogP contribution in [0.3, 0.4) is 0 Å². The van der Waals surface area contributed by atoms with Crippen LogP contribution in [-0.4, -0.2) is 18.8 Å². The van der Waals surface area contributed by atoms with Gasteiger partial charge in [0.15, 0.2) is 0 Å². The molecule has 0 aromatic heterocycles. The molecule has 0 saturated carbocycles. The zero-order valence-electron chi connectivity index (χ0n) is 9.99. The molecule has 2 unspecified atom stereocenters. The van der Waals surface area contributed by atoms with Gasteiger partial charge in [-0.05, 0) is 24.8 Å². The smallest absolute Gasteiger partial charge is 0.314 e. The molecule has 0 amide bonds. The second kappa shape index (κ2) is 6.36. The Balaban J connectivity index is 4.15. The third-order valence-electron chi connectivity index (χ3n) is 2.89. The molecule has 0 aliphatic rings. The quantitative estimate of drug-likeness (QED) is 0.728. The normalized spacial score (nSPS) is 16.8. The monoisotopic (exact) mass is 225 g/mol. The molecule has 0 radical (unpaired) electrons. The summed E-state index contributed by atoms with van der Waals surface area (Å²) < 4.78 is 36.3. The van der Waals surface area contributed by atoms with Gasteiger partial charge >= 0.3 is 6.18 Å². The predicted octanol–water partition coefficient (Wildman–Crippen LogP) is 3.60. The fourth-order valence-electron chi connectivity index (χ4n) is 1.60. The van der Waals surface area contributed by atoms with Crippen LogP contribution < -0.4 is 5.32 Å². The van der Waals surface area contributed by atoms with Gasteiger partial charge in [0.2, 0.25) is 0 Å². The Kier molecular flexibility index (Phi) is 6.25. The molecule has 0 aliphatic carbocycles. The Hall–Kier alpha value is -0.250. The second-order valence-electron chi connectivity index (χ2n) is 4.42. The Morgan fingerprint density at radius 1 is 1.13 bits per heavy atom. The van der Waals surface area contributed by atoms with E-state index in [2.05, 4.69) is 5.32 Å². The lowest BCUT2D eigenvalue weighted by atomic mass is 9.87. The summed E-state index contributed by atoms with van der Waals surface area (Å²) in [6.07, 6.45) is -4.55. The summed E-state index contributed by atoms with van der Waals surface area (Å²) in [7, 11) is 0. The summed E-state index contributed by atoms with van der Waals surface area (Å²) >= 11 is 0. The third kappa shape index (κ3) is 6.77. The molecule has 1 nitrogen and oxygen atoms in total. The van der Waals surface area contributed by atoms with Gasteiger partial charge in [-0.25, -0.2) is 0 Å². The molecule has 0 spiro atoms. The van der Waals surface area contributed by atoms with Crippen molar-refractivity contribution in [1.82, 2.24) is 5.32 Å². The van der Waals surface area contributed by atoms with Gasteiger partial charge in [0.25, 0.3) is 0 Å². The Morgan fingerprint density at radius 2 is 1.67 bits per heavy atom. The van der Waals surface area contributed by atoms with Crippen molar-refractivity contribution in [3.8, 4) is 0 Å². The van der Waals surface area contributed by atoms with E-state index in [9.17, 15) is 13.2 Å². The number of alkyl halides is 3. The van der Waals surface area contributed by atoms with Crippen LogP contribution in [0.2, 0.25) is 0 Å². The fourth-order valence-corrected chi connectivity index (χ4v) is 1.60. The first-order chi connectivity index (χ1) is 6.78. The van der Waals surface area contributed by atoms with E-state index in [-0.39, 0.29) is 18.4 Å². The van der Waals surface area contributed by atoms with Crippen LogP contribution in [0.15, 0.2) is 0 Å². The maximum absolute atomic E-state index is 12.1. The van der Waals surface area contributed by atoms with E-state index in [4.69, 9.17) is 0 Å². The van der Waals surface area contributed by atoms with E-state index in [1.165, 1.54) is 0 Å². The molecule has 0 aromatic carbocycles. The van der Waals surface area contributed by atoms with Crippen LogP contribution in [0, 0.1) is 11.8 Å². The van der Waals surface area contributed by atoms with E-state index in [1.807, 2.05) is 27.7 Å². The number of nitrogens with one attached hydrogen (secondary N) is 1. The Morgan fingerprint density at radius 3 is 2.00 bits per heavy atom. The van der Waals surface area contributed by atoms with E-state index >= 15 is 0 Å². The Labute approximate surface area is 90.4 Å². The van der Waals surface area contributed by atoms with Crippen molar-refractivity contribution in [1.29, 1.82) is 0 Å². The average molecular weight is 225 g/mol. The van der Waals surface area contributed by atoms with Crippen LogP contribution >= 0.6 is 0 Å². The molecule has 0 saturated heterocycles. The van der Waals surface area contributed by atoms with Gasteiger partial charge in [0, 0.05) is 12.5 Å². The number of hydrogen-bond donors (Lipinski definition) is 1. The van der Waals surface area contributed by atoms with Crippen molar-refractivity contribution in [3.05, 3.63) is 0 Å². The van der Waals surface area contributed by atoms with Crippen LogP contribution in [0.25, 0.3) is 0 Å². The maximum Gasteiger partial charge on any atom is 0.389 e. The molecule has 0 heterocycles. The fraction of sp³-hybridized carbons (Fsp3) is 1.00. The summed E-state index contributed by atoms with van der Waals surface area (Å²) in [6, 6.07) is -0.0309. The molecular weight excluding hydrogens is 203 g/mol. The van der Waals surface area contributed by atoms with Gasteiger partial charge in [-0.1, -0.05) is 27.7 Å². The molecule has 4 heteroatoms. The number of rotatable bonds is 6. The number of hydrogen-bond acceptors (Lipinski definition) is 1. The van der Waals surface area contributed by atoms with Crippen molar-refractivity contribution in [2.45, 2.75) is 52.8 Å². The van der Waals surface area contributed by atoms with Crippen molar-refractivity contribution < 1.29 is 13.2 Å². The minimum Gasteiger partial charge on any atom is -0.314 e. The molecule has 0 rings (SSSR count). The third-order valence-corrected chi connectivity index (χ3v) is 2.89. The lowest BCUT2D eigenvalue weighted by Crippen LogP contribution is -2.38. The van der Waals surface area contributed by atoms with E-state index < -0.39 is 12.6 Å². The summed E-state index contributed by atoms with van der Waals surface area (Å²) in [4.78, 5) is 0. The summed E-state index contributed by atoms with van der Waals surface area (Å²) in [6.45, 7) is 8.74. The first-order valence-electron chi connectivity index (χ1n) is 5.58. The largest absolute Gasteiger partial charge is 0.389 e. The highest BCUT2D eigenvalue weighted by atomic mass is 19.4. The molecule has 0 aliphatic heterocycles. The summed E-state index contributed by atoms with van der Waals surface area (Å²) in [5.74, 6) is 0.676. The van der Waals surface area contributed by atoms with Crippen molar-refractivity contribution in [2.75, 3.05) is 6.54 Å². The molecule has 0 aromatic rings. The van der Waals surface area contributed by atoms with Crippen molar-refractivity contribution in [3.63, 3.8) is 0 Å². The lowest BCUT2D eigenvalue weighted by Gasteiger charge is -2.28. The molecule has 92 valence electrons. The molecule has 2 atom stereocenters. The van der Waals surface area contributed by atoms with Gasteiger partial charge < -0.3 is 5.32 Å². The average Bonchev–Trinajstić information content (AvgIpc) is 2.09. The van der Waals surface area contributed by atoms with Crippen molar-refractivity contribution in [2.24, 2.45) is 11.8 Å². The Bertz CT molecular complexity index is 166. The number of halogens is 3. The van der Waals surface area contributed by atoms with Gasteiger partial charge in [-0.15, -0.1) is 0 Å². The highest BCUT2D eigenvalue weighted by Gasteiger charge is 2.30. The zero-order valence-corrected chi connectivity index (χ0v) is 9.99. The lowest BCUT2D eigenvalue weighted by molar-refractivity contribution is -0.137. The minimum absolute atomic E-state index is 0.0309. The molecule has 0 bridgehead atoms. The van der Waals surface area contributed by atoms with Crippen molar-refractivity contribution >= 4 is 0 Å². The molecular formula is C11H22F3N. The van der Waals surface area contributed by atoms with Crippen LogP contribution in [-0.2, 0) is 0 Å². The van der Waals surface area contributed by atoms with Gasteiger partial charge in [0.1, 0.15) is 0 Å². The van der Waals surface area contributed by atoms with Crippen LogP contribution in [0.5, 0.6) is 0 Å². The highest BCUT2D eigenvalue weighted by molar-refractivity contribution is 4.76. The van der Waals surface area contributed by atoms with Crippen LogP contribution in [0.4, 0.5) is 13.2 Å². The molecule has 0 fully saturated rings. The zero-order chi connectivity index (χ0) is 12.1. The second-order valence-corrected chi connectivity index (χ2v) is 4.42. The summed E-state index contributed by atoms with van der Waals surface area (Å²) in [5, 5.41) is 3.14. The first kappa shape index (κ1) is 14.8. The van der Waals surface area contributed by atoms with Gasteiger partial charge in [-0.2, -0.15) is 13.2 Å². The van der Waals surface area contributed by atoms with Gasteiger partial charge in [0.05, 0.1) is 0 Å². The first-order valence-corrected chi connectivity index (χ1v) is 5.58.